The summed E-state index contributed by atoms with van der Waals surface area (Å²) in [7, 11) is 1.69. The fourth-order valence-corrected chi connectivity index (χ4v) is 3.98. The number of piperazine rings is 1. The molecule has 4 rings (SSSR count). The normalized spacial score (nSPS) is 17.0. The third kappa shape index (κ3) is 4.86. The number of hydrogen-bond acceptors (Lipinski definition) is 4. The number of para-hydroxylation sites is 2. The smallest absolute Gasteiger partial charge is 0.237 e. The Kier molecular flexibility index (Phi) is 6.20. The number of aromatic nitrogens is 2. The van der Waals surface area contributed by atoms with Gasteiger partial charge in [-0.3, -0.25) is 14.5 Å². The van der Waals surface area contributed by atoms with E-state index in [0.717, 1.165) is 11.0 Å². The van der Waals surface area contributed by atoms with Gasteiger partial charge in [0, 0.05) is 31.7 Å². The van der Waals surface area contributed by atoms with Gasteiger partial charge in [-0.05, 0) is 29.8 Å². The Bertz CT molecular complexity index is 1090. The van der Waals surface area contributed by atoms with Gasteiger partial charge in [-0.1, -0.05) is 29.8 Å². The van der Waals surface area contributed by atoms with Crippen LogP contribution in [-0.4, -0.2) is 57.8 Å². The average molecular weight is 444 g/mol. The lowest BCUT2D eigenvalue weighted by Gasteiger charge is -2.35. The van der Waals surface area contributed by atoms with E-state index in [-0.39, 0.29) is 18.2 Å². The fraction of sp³-hybridized carbons (Fsp3) is 0.318. The van der Waals surface area contributed by atoms with Gasteiger partial charge in [0.25, 0.3) is 0 Å². The molecule has 162 valence electrons. The summed E-state index contributed by atoms with van der Waals surface area (Å²) in [6.07, 6.45) is 0.0291. The number of H-pyrrole nitrogens is 1. The highest BCUT2D eigenvalue weighted by atomic mass is 35.5. The summed E-state index contributed by atoms with van der Waals surface area (Å²) in [6.45, 7) is 1.73. The maximum absolute atomic E-state index is 13.4. The van der Waals surface area contributed by atoms with Crippen molar-refractivity contribution in [2.75, 3.05) is 20.1 Å². The van der Waals surface area contributed by atoms with Crippen LogP contribution in [0.3, 0.4) is 0 Å². The van der Waals surface area contributed by atoms with Crippen LogP contribution in [0.5, 0.6) is 0 Å². The summed E-state index contributed by atoms with van der Waals surface area (Å²) < 4.78 is 13.4. The van der Waals surface area contributed by atoms with E-state index in [9.17, 15) is 14.0 Å². The molecule has 9 heteroatoms. The van der Waals surface area contributed by atoms with Crippen LogP contribution in [0.4, 0.5) is 4.39 Å². The lowest BCUT2D eigenvalue weighted by molar-refractivity contribution is -0.138. The van der Waals surface area contributed by atoms with Gasteiger partial charge in [0.05, 0.1) is 30.0 Å². The molecular weight excluding hydrogens is 421 g/mol. The van der Waals surface area contributed by atoms with Crippen LogP contribution in [-0.2, 0) is 22.7 Å². The highest BCUT2D eigenvalue weighted by molar-refractivity contribution is 6.31. The van der Waals surface area contributed by atoms with Crippen molar-refractivity contribution in [2.45, 2.75) is 25.6 Å². The van der Waals surface area contributed by atoms with Gasteiger partial charge in [-0.25, -0.2) is 9.37 Å². The largest absolute Gasteiger partial charge is 0.353 e. The number of imidazole rings is 1. The van der Waals surface area contributed by atoms with Gasteiger partial charge in [0.1, 0.15) is 11.6 Å². The summed E-state index contributed by atoms with van der Waals surface area (Å²) in [4.78, 5) is 36.6. The van der Waals surface area contributed by atoms with Crippen molar-refractivity contribution in [3.63, 3.8) is 0 Å². The summed E-state index contributed by atoms with van der Waals surface area (Å²) in [6, 6.07) is 11.2. The zero-order chi connectivity index (χ0) is 22.0. The number of hydrogen-bond donors (Lipinski definition) is 2. The molecule has 0 spiro atoms. The van der Waals surface area contributed by atoms with Gasteiger partial charge in [0.2, 0.25) is 11.8 Å². The van der Waals surface area contributed by atoms with Crippen molar-refractivity contribution >= 4 is 34.4 Å². The van der Waals surface area contributed by atoms with E-state index in [4.69, 9.17) is 11.6 Å². The molecule has 7 nitrogen and oxygen atoms in total. The number of rotatable bonds is 6. The first-order chi connectivity index (χ1) is 14.9. The Hall–Kier alpha value is -2.97. The molecule has 0 radical (unpaired) electrons. The van der Waals surface area contributed by atoms with E-state index in [1.54, 1.807) is 18.0 Å². The number of carbonyl (C=O) groups is 2. The Balaban J connectivity index is 1.44. The Labute approximate surface area is 184 Å². The zero-order valence-electron chi connectivity index (χ0n) is 17.1. The molecule has 0 bridgehead atoms. The van der Waals surface area contributed by atoms with Crippen molar-refractivity contribution in [1.29, 1.82) is 0 Å². The first-order valence-electron chi connectivity index (χ1n) is 10.0. The van der Waals surface area contributed by atoms with E-state index in [0.29, 0.717) is 42.6 Å². The Morgan fingerprint density at radius 1 is 1.32 bits per heavy atom. The van der Waals surface area contributed by atoms with Crippen molar-refractivity contribution in [3.05, 3.63) is 64.7 Å². The molecule has 31 heavy (non-hydrogen) atoms. The van der Waals surface area contributed by atoms with E-state index in [2.05, 4.69) is 15.3 Å². The molecule has 1 aliphatic heterocycles. The zero-order valence-corrected chi connectivity index (χ0v) is 17.8. The first-order valence-corrected chi connectivity index (χ1v) is 10.4. The first kappa shape index (κ1) is 21.3. The third-order valence-electron chi connectivity index (χ3n) is 5.45. The second-order valence-electron chi connectivity index (χ2n) is 7.67. The topological polar surface area (TPSA) is 81.3 Å². The second-order valence-corrected chi connectivity index (χ2v) is 8.07. The minimum Gasteiger partial charge on any atom is -0.353 e. The standard InChI is InChI=1S/C22H23ClFN5O2/c1-28(13-20-26-17-4-2-3-5-18(17)27-20)21(30)11-19-22(31)25-8-9-29(19)12-14-6-7-15(24)10-16(14)23/h2-7,10,19H,8-9,11-13H2,1H3,(H,25,31)(H,26,27). The SMILES string of the molecule is CN(Cc1nc2ccccc2[nH]1)C(=O)CC1C(=O)NCCN1Cc1ccc(F)cc1Cl. The fourth-order valence-electron chi connectivity index (χ4n) is 3.76. The lowest BCUT2D eigenvalue weighted by Crippen LogP contribution is -2.56. The Morgan fingerprint density at radius 3 is 2.90 bits per heavy atom. The van der Waals surface area contributed by atoms with Crippen LogP contribution < -0.4 is 5.32 Å². The van der Waals surface area contributed by atoms with Crippen LogP contribution in [0.1, 0.15) is 17.8 Å². The molecule has 1 saturated heterocycles. The predicted molar refractivity (Wildman–Crippen MR) is 116 cm³/mol. The maximum atomic E-state index is 13.4. The van der Waals surface area contributed by atoms with Crippen LogP contribution in [0.25, 0.3) is 11.0 Å². The van der Waals surface area contributed by atoms with Crippen molar-refractivity contribution in [3.8, 4) is 0 Å². The number of fused-ring (bicyclic) bond motifs is 1. The second kappa shape index (κ2) is 9.03. The number of halogens is 2. The molecule has 1 atom stereocenters. The van der Waals surface area contributed by atoms with Crippen LogP contribution in [0.2, 0.25) is 5.02 Å². The molecule has 1 unspecified atom stereocenters. The van der Waals surface area contributed by atoms with Gasteiger partial charge < -0.3 is 15.2 Å². The molecule has 1 aromatic heterocycles. The van der Waals surface area contributed by atoms with Gasteiger partial charge in [0.15, 0.2) is 0 Å². The molecule has 1 aliphatic rings. The number of nitrogens with one attached hydrogen (secondary N) is 2. The molecule has 1 fully saturated rings. The molecule has 2 aromatic carbocycles. The molecule has 2 N–H and O–H groups in total. The average Bonchev–Trinajstić information content (AvgIpc) is 3.14. The number of benzene rings is 2. The summed E-state index contributed by atoms with van der Waals surface area (Å²) in [5.41, 5.74) is 2.46. The molecule has 2 amide bonds. The van der Waals surface area contributed by atoms with E-state index < -0.39 is 11.9 Å². The summed E-state index contributed by atoms with van der Waals surface area (Å²) in [5.74, 6) is -0.100. The van der Waals surface area contributed by atoms with Crippen molar-refractivity contribution < 1.29 is 14.0 Å². The minimum absolute atomic E-state index is 0.0291. The van der Waals surface area contributed by atoms with Gasteiger partial charge in [-0.2, -0.15) is 0 Å². The van der Waals surface area contributed by atoms with Crippen molar-refractivity contribution in [2.24, 2.45) is 0 Å². The van der Waals surface area contributed by atoms with Crippen molar-refractivity contribution in [1.82, 2.24) is 25.1 Å². The van der Waals surface area contributed by atoms with Crippen LogP contribution >= 0.6 is 11.6 Å². The van der Waals surface area contributed by atoms with E-state index >= 15 is 0 Å². The molecule has 2 heterocycles. The molecule has 0 saturated carbocycles. The third-order valence-corrected chi connectivity index (χ3v) is 5.80. The molecule has 3 aromatic rings. The highest BCUT2D eigenvalue weighted by Crippen LogP contribution is 2.22. The van der Waals surface area contributed by atoms with Crippen LogP contribution in [0.15, 0.2) is 42.5 Å². The van der Waals surface area contributed by atoms with E-state index in [1.807, 2.05) is 29.2 Å². The molecular formula is C22H23ClFN5O2. The molecule has 0 aliphatic carbocycles. The summed E-state index contributed by atoms with van der Waals surface area (Å²) in [5, 5.41) is 3.12. The number of amides is 2. The summed E-state index contributed by atoms with van der Waals surface area (Å²) >= 11 is 6.16. The van der Waals surface area contributed by atoms with Gasteiger partial charge in [-0.15, -0.1) is 0 Å². The van der Waals surface area contributed by atoms with E-state index in [1.165, 1.54) is 12.1 Å². The lowest BCUT2D eigenvalue weighted by atomic mass is 10.1. The predicted octanol–water partition coefficient (Wildman–Crippen LogP) is 2.70. The maximum Gasteiger partial charge on any atom is 0.237 e. The number of aromatic amines is 1. The van der Waals surface area contributed by atoms with Gasteiger partial charge >= 0.3 is 0 Å². The monoisotopic (exact) mass is 443 g/mol. The van der Waals surface area contributed by atoms with Crippen LogP contribution in [0, 0.1) is 5.82 Å². The Morgan fingerprint density at radius 2 is 2.13 bits per heavy atom. The number of carbonyl (C=O) groups excluding carboxylic acids is 2. The highest BCUT2D eigenvalue weighted by Gasteiger charge is 2.32. The minimum atomic E-state index is -0.625. The number of nitrogens with zero attached hydrogens (tertiary/aromatic N) is 3. The quantitative estimate of drug-likeness (QED) is 0.613.